The van der Waals surface area contributed by atoms with Crippen LogP contribution in [-0.2, 0) is 4.74 Å². The van der Waals surface area contributed by atoms with Crippen molar-refractivity contribution >= 4 is 6.09 Å². The zero-order valence-corrected chi connectivity index (χ0v) is 9.19. The fourth-order valence-corrected chi connectivity index (χ4v) is 1.92. The lowest BCUT2D eigenvalue weighted by Gasteiger charge is -2.30. The van der Waals surface area contributed by atoms with Gasteiger partial charge in [0.1, 0.15) is 5.72 Å². The molecular formula is C11H17NO3. The second-order valence-electron chi connectivity index (χ2n) is 4.16. The molecule has 15 heavy (non-hydrogen) atoms. The molecule has 1 unspecified atom stereocenters. The fourth-order valence-electron chi connectivity index (χ4n) is 1.92. The Morgan fingerprint density at radius 2 is 2.40 bits per heavy atom. The topological polar surface area (TPSA) is 49.8 Å². The molecule has 1 saturated heterocycles. The molecule has 84 valence electrons. The van der Waals surface area contributed by atoms with Crippen molar-refractivity contribution in [3.63, 3.8) is 0 Å². The van der Waals surface area contributed by atoms with Crippen LogP contribution in [0.2, 0.25) is 0 Å². The fraction of sp³-hybridized carbons (Fsp3) is 0.727. The highest BCUT2D eigenvalue weighted by Crippen LogP contribution is 2.29. The second kappa shape index (κ2) is 4.54. The van der Waals surface area contributed by atoms with Crippen LogP contribution in [0.1, 0.15) is 33.1 Å². The van der Waals surface area contributed by atoms with E-state index >= 15 is 0 Å². The van der Waals surface area contributed by atoms with E-state index in [9.17, 15) is 4.79 Å². The van der Waals surface area contributed by atoms with Crippen LogP contribution in [0.15, 0.2) is 0 Å². The molecule has 0 aromatic heterocycles. The molecule has 0 aromatic carbocycles. The summed E-state index contributed by atoms with van der Waals surface area (Å²) in [6, 6.07) is -0.0640. The van der Waals surface area contributed by atoms with Gasteiger partial charge < -0.3 is 9.84 Å². The first-order valence-electron chi connectivity index (χ1n) is 5.08. The Kier molecular flexibility index (Phi) is 3.59. The van der Waals surface area contributed by atoms with Gasteiger partial charge in [-0.05, 0) is 26.7 Å². The summed E-state index contributed by atoms with van der Waals surface area (Å²) in [4.78, 5) is 12.4. The molecule has 0 aliphatic carbocycles. The number of amides is 1. The Morgan fingerprint density at radius 1 is 1.73 bits per heavy atom. The number of carboxylic acid groups (broad SMARTS) is 1. The maximum atomic E-state index is 11.1. The Hall–Kier alpha value is -1.21. The molecule has 4 heteroatoms. The van der Waals surface area contributed by atoms with Gasteiger partial charge in [-0.25, -0.2) is 4.79 Å². The van der Waals surface area contributed by atoms with Gasteiger partial charge in [0.2, 0.25) is 0 Å². The molecular weight excluding hydrogens is 194 g/mol. The molecule has 1 rings (SSSR count). The van der Waals surface area contributed by atoms with Crippen molar-refractivity contribution in [2.24, 2.45) is 0 Å². The molecule has 0 radical (unpaired) electrons. The molecule has 1 aliphatic rings. The minimum Gasteiger partial charge on any atom is -0.465 e. The highest BCUT2D eigenvalue weighted by atomic mass is 16.5. The molecule has 1 aliphatic heterocycles. The van der Waals surface area contributed by atoms with Gasteiger partial charge in [-0.1, -0.05) is 0 Å². The predicted molar refractivity (Wildman–Crippen MR) is 56.4 cm³/mol. The van der Waals surface area contributed by atoms with Crippen molar-refractivity contribution in [3.05, 3.63) is 0 Å². The van der Waals surface area contributed by atoms with Crippen LogP contribution >= 0.6 is 0 Å². The summed E-state index contributed by atoms with van der Waals surface area (Å²) in [7, 11) is 0. The highest BCUT2D eigenvalue weighted by Gasteiger charge is 2.43. The lowest BCUT2D eigenvalue weighted by molar-refractivity contribution is -0.0421. The van der Waals surface area contributed by atoms with Gasteiger partial charge in [-0.3, -0.25) is 4.90 Å². The van der Waals surface area contributed by atoms with Crippen LogP contribution < -0.4 is 0 Å². The van der Waals surface area contributed by atoms with Crippen LogP contribution in [0.4, 0.5) is 4.79 Å². The standard InChI is InChI=1S/C11H17NO3/c1-4-5-6-7-9-8-15-11(2,3)12(9)10(13)14/h1,9H,5-8H2,2-3H3,(H,13,14). The first-order valence-corrected chi connectivity index (χ1v) is 5.08. The van der Waals surface area contributed by atoms with E-state index in [0.717, 1.165) is 12.8 Å². The zero-order valence-electron chi connectivity index (χ0n) is 9.19. The van der Waals surface area contributed by atoms with E-state index in [1.807, 2.05) is 0 Å². The van der Waals surface area contributed by atoms with Crippen molar-refractivity contribution in [2.45, 2.75) is 44.9 Å². The average Bonchev–Trinajstić information content (AvgIpc) is 2.42. The Bertz CT molecular complexity index is 280. The van der Waals surface area contributed by atoms with Crippen LogP contribution in [0.5, 0.6) is 0 Å². The van der Waals surface area contributed by atoms with E-state index in [4.69, 9.17) is 16.3 Å². The molecule has 0 bridgehead atoms. The Balaban J connectivity index is 2.59. The molecule has 4 nitrogen and oxygen atoms in total. The predicted octanol–water partition coefficient (Wildman–Crippen LogP) is 1.90. The van der Waals surface area contributed by atoms with Gasteiger partial charge in [0, 0.05) is 6.42 Å². The van der Waals surface area contributed by atoms with Gasteiger partial charge in [0.05, 0.1) is 12.6 Å². The van der Waals surface area contributed by atoms with E-state index in [1.54, 1.807) is 13.8 Å². The number of ether oxygens (including phenoxy) is 1. The number of hydrogen-bond donors (Lipinski definition) is 1. The van der Waals surface area contributed by atoms with Crippen LogP contribution in [-0.4, -0.2) is 34.5 Å². The molecule has 1 N–H and O–H groups in total. The summed E-state index contributed by atoms with van der Waals surface area (Å²) < 4.78 is 5.45. The van der Waals surface area contributed by atoms with Gasteiger partial charge in [0.25, 0.3) is 0 Å². The number of nitrogens with zero attached hydrogens (tertiary/aromatic N) is 1. The quantitative estimate of drug-likeness (QED) is 0.573. The van der Waals surface area contributed by atoms with Crippen molar-refractivity contribution in [1.82, 2.24) is 4.90 Å². The molecule has 0 spiro atoms. The molecule has 0 aromatic rings. The van der Waals surface area contributed by atoms with Gasteiger partial charge >= 0.3 is 6.09 Å². The smallest absolute Gasteiger partial charge is 0.409 e. The number of unbranched alkanes of at least 4 members (excludes halogenated alkanes) is 1. The zero-order chi connectivity index (χ0) is 11.5. The number of hydrogen-bond acceptors (Lipinski definition) is 2. The van der Waals surface area contributed by atoms with E-state index in [-0.39, 0.29) is 6.04 Å². The Labute approximate surface area is 90.2 Å². The van der Waals surface area contributed by atoms with Gasteiger partial charge in [0.15, 0.2) is 0 Å². The maximum absolute atomic E-state index is 11.1. The SMILES string of the molecule is C#CCCCC1COC(C)(C)N1C(=O)O. The lowest BCUT2D eigenvalue weighted by Crippen LogP contribution is -2.47. The van der Waals surface area contributed by atoms with Crippen LogP contribution in [0.3, 0.4) is 0 Å². The van der Waals surface area contributed by atoms with E-state index in [1.165, 1.54) is 4.90 Å². The normalized spacial score (nSPS) is 23.8. The number of carbonyl (C=O) groups is 1. The summed E-state index contributed by atoms with van der Waals surface area (Å²) in [6.45, 7) is 3.99. The summed E-state index contributed by atoms with van der Waals surface area (Å²) in [5, 5.41) is 9.08. The molecule has 1 atom stereocenters. The van der Waals surface area contributed by atoms with Crippen molar-refractivity contribution in [1.29, 1.82) is 0 Å². The van der Waals surface area contributed by atoms with Gasteiger partial charge in [-0.2, -0.15) is 0 Å². The minimum atomic E-state index is -0.928. The summed E-state index contributed by atoms with van der Waals surface area (Å²) in [6.07, 6.45) is 6.51. The first-order chi connectivity index (χ1) is 6.99. The Morgan fingerprint density at radius 3 is 2.93 bits per heavy atom. The first kappa shape index (κ1) is 11.9. The van der Waals surface area contributed by atoms with Crippen molar-refractivity contribution in [3.8, 4) is 12.3 Å². The van der Waals surface area contributed by atoms with Crippen molar-refractivity contribution in [2.75, 3.05) is 6.61 Å². The monoisotopic (exact) mass is 211 g/mol. The molecule has 0 saturated carbocycles. The third-order valence-electron chi connectivity index (χ3n) is 2.64. The number of rotatable bonds is 3. The van der Waals surface area contributed by atoms with E-state index in [2.05, 4.69) is 5.92 Å². The largest absolute Gasteiger partial charge is 0.465 e. The molecule has 1 fully saturated rings. The van der Waals surface area contributed by atoms with E-state index in [0.29, 0.717) is 13.0 Å². The third-order valence-corrected chi connectivity index (χ3v) is 2.64. The lowest BCUT2D eigenvalue weighted by atomic mass is 10.1. The third kappa shape index (κ3) is 2.63. The summed E-state index contributed by atoms with van der Waals surface area (Å²) in [5.74, 6) is 2.55. The van der Waals surface area contributed by atoms with Gasteiger partial charge in [-0.15, -0.1) is 12.3 Å². The van der Waals surface area contributed by atoms with Crippen molar-refractivity contribution < 1.29 is 14.6 Å². The minimum absolute atomic E-state index is 0.0640. The van der Waals surface area contributed by atoms with E-state index < -0.39 is 11.8 Å². The molecule has 1 heterocycles. The average molecular weight is 211 g/mol. The highest BCUT2D eigenvalue weighted by molar-refractivity contribution is 5.66. The summed E-state index contributed by atoms with van der Waals surface area (Å²) in [5.41, 5.74) is -0.716. The van der Waals surface area contributed by atoms with Crippen LogP contribution in [0, 0.1) is 12.3 Å². The second-order valence-corrected chi connectivity index (χ2v) is 4.16. The maximum Gasteiger partial charge on any atom is 0.409 e. The summed E-state index contributed by atoms with van der Waals surface area (Å²) >= 11 is 0. The van der Waals surface area contributed by atoms with Crippen LogP contribution in [0.25, 0.3) is 0 Å². The molecule has 1 amide bonds. The number of terminal acetylenes is 1.